The molecule has 1 spiro atoms. The maximum atomic E-state index is 5.81. The summed E-state index contributed by atoms with van der Waals surface area (Å²) in [7, 11) is 0. The molecular weight excluding hydrogens is 280 g/mol. The van der Waals surface area contributed by atoms with Gasteiger partial charge in [0.15, 0.2) is 0 Å². The molecule has 1 saturated heterocycles. The van der Waals surface area contributed by atoms with E-state index in [1.807, 2.05) is 0 Å². The van der Waals surface area contributed by atoms with Crippen LogP contribution in [0.15, 0.2) is 11.6 Å². The summed E-state index contributed by atoms with van der Waals surface area (Å²) in [4.78, 5) is 2.76. The minimum absolute atomic E-state index is 0.416. The molecule has 1 unspecified atom stereocenters. The van der Waals surface area contributed by atoms with Crippen LogP contribution in [-0.4, -0.2) is 36.1 Å². The molecule has 2 aliphatic carbocycles. The molecule has 0 amide bonds. The smallest absolute Gasteiger partial charge is 0.0338 e. The maximum Gasteiger partial charge on any atom is 0.0338 e. The van der Waals surface area contributed by atoms with Gasteiger partial charge in [0.1, 0.15) is 0 Å². The molecule has 1 aliphatic heterocycles. The Hall–Kier alpha value is -0.0500. The topological polar surface area (TPSA) is 15.3 Å². The first kappa shape index (κ1) is 15.8. The van der Waals surface area contributed by atoms with Crippen molar-refractivity contribution in [3.8, 4) is 0 Å². The second-order valence-corrected chi connectivity index (χ2v) is 7.69. The number of hydrogen-bond donors (Lipinski definition) is 1. The van der Waals surface area contributed by atoms with Gasteiger partial charge in [-0.15, -0.1) is 0 Å². The SMILES string of the molecule is Cl/C=C/CN1CC(C2CCCCC2)NCC12CCCCC2. The molecule has 120 valence electrons. The third-order valence-corrected chi connectivity index (χ3v) is 6.38. The predicted octanol–water partition coefficient (Wildman–Crippen LogP) is 4.30. The number of nitrogens with one attached hydrogen (secondary N) is 1. The molecule has 1 atom stereocenters. The lowest BCUT2D eigenvalue weighted by molar-refractivity contribution is 0.00443. The summed E-state index contributed by atoms with van der Waals surface area (Å²) in [6.07, 6.45) is 16.3. The molecule has 0 aromatic rings. The number of piperazine rings is 1. The summed E-state index contributed by atoms with van der Waals surface area (Å²) < 4.78 is 0. The van der Waals surface area contributed by atoms with Gasteiger partial charge in [0.25, 0.3) is 0 Å². The minimum atomic E-state index is 0.416. The molecule has 2 nitrogen and oxygen atoms in total. The maximum absolute atomic E-state index is 5.81. The monoisotopic (exact) mass is 310 g/mol. The van der Waals surface area contributed by atoms with Crippen molar-refractivity contribution >= 4 is 11.6 Å². The molecule has 0 radical (unpaired) electrons. The predicted molar refractivity (Wildman–Crippen MR) is 90.7 cm³/mol. The highest BCUT2D eigenvalue weighted by atomic mass is 35.5. The van der Waals surface area contributed by atoms with Crippen LogP contribution in [0.5, 0.6) is 0 Å². The quantitative estimate of drug-likeness (QED) is 0.836. The lowest BCUT2D eigenvalue weighted by Gasteiger charge is -2.53. The van der Waals surface area contributed by atoms with Crippen molar-refractivity contribution in [3.63, 3.8) is 0 Å². The summed E-state index contributed by atoms with van der Waals surface area (Å²) in [5.74, 6) is 0.905. The van der Waals surface area contributed by atoms with E-state index in [0.29, 0.717) is 11.6 Å². The third kappa shape index (κ3) is 3.65. The van der Waals surface area contributed by atoms with Crippen molar-refractivity contribution in [3.05, 3.63) is 11.6 Å². The van der Waals surface area contributed by atoms with Crippen LogP contribution in [0, 0.1) is 5.92 Å². The molecule has 0 aromatic carbocycles. The molecule has 3 aliphatic rings. The Morgan fingerprint density at radius 3 is 2.48 bits per heavy atom. The van der Waals surface area contributed by atoms with Gasteiger partial charge in [-0.3, -0.25) is 4.90 Å². The Bertz CT molecular complexity index is 343. The van der Waals surface area contributed by atoms with Gasteiger partial charge in [-0.25, -0.2) is 0 Å². The lowest BCUT2D eigenvalue weighted by atomic mass is 9.75. The van der Waals surface area contributed by atoms with Crippen LogP contribution in [0.25, 0.3) is 0 Å². The Morgan fingerprint density at radius 1 is 1.05 bits per heavy atom. The van der Waals surface area contributed by atoms with Gasteiger partial charge in [-0.1, -0.05) is 56.2 Å². The minimum Gasteiger partial charge on any atom is -0.311 e. The van der Waals surface area contributed by atoms with Crippen LogP contribution < -0.4 is 5.32 Å². The summed E-state index contributed by atoms with van der Waals surface area (Å²) >= 11 is 5.81. The van der Waals surface area contributed by atoms with Crippen molar-refractivity contribution in [2.45, 2.75) is 75.8 Å². The zero-order valence-corrected chi connectivity index (χ0v) is 14.1. The molecule has 3 rings (SSSR count). The Morgan fingerprint density at radius 2 is 1.76 bits per heavy atom. The molecule has 0 bridgehead atoms. The molecule has 3 heteroatoms. The molecule has 21 heavy (non-hydrogen) atoms. The van der Waals surface area contributed by atoms with E-state index in [2.05, 4.69) is 16.3 Å². The average molecular weight is 311 g/mol. The molecule has 3 fully saturated rings. The largest absolute Gasteiger partial charge is 0.311 e. The van der Waals surface area contributed by atoms with Crippen molar-refractivity contribution in [1.29, 1.82) is 0 Å². The number of hydrogen-bond acceptors (Lipinski definition) is 2. The number of halogens is 1. The Labute approximate surface area is 135 Å². The van der Waals surface area contributed by atoms with Crippen LogP contribution in [0.2, 0.25) is 0 Å². The van der Waals surface area contributed by atoms with E-state index in [9.17, 15) is 0 Å². The summed E-state index contributed by atoms with van der Waals surface area (Å²) in [5.41, 5.74) is 2.12. The van der Waals surface area contributed by atoms with E-state index in [-0.39, 0.29) is 0 Å². The Kier molecular flexibility index (Phi) is 5.64. The van der Waals surface area contributed by atoms with Gasteiger partial charge in [0, 0.05) is 36.8 Å². The fraction of sp³-hybridized carbons (Fsp3) is 0.889. The average Bonchev–Trinajstić information content (AvgIpc) is 2.56. The fourth-order valence-electron chi connectivity index (χ4n) is 4.92. The molecule has 2 saturated carbocycles. The normalized spacial score (nSPS) is 32.0. The van der Waals surface area contributed by atoms with Gasteiger partial charge < -0.3 is 5.32 Å². The summed E-state index contributed by atoms with van der Waals surface area (Å²) in [5, 5.41) is 3.96. The van der Waals surface area contributed by atoms with Gasteiger partial charge in [0.2, 0.25) is 0 Å². The van der Waals surface area contributed by atoms with Crippen LogP contribution in [0.4, 0.5) is 0 Å². The van der Waals surface area contributed by atoms with Crippen LogP contribution in [0.1, 0.15) is 64.2 Å². The number of nitrogens with zero attached hydrogens (tertiary/aromatic N) is 1. The van der Waals surface area contributed by atoms with Gasteiger partial charge >= 0.3 is 0 Å². The first-order valence-electron chi connectivity index (χ1n) is 9.08. The van der Waals surface area contributed by atoms with E-state index in [1.165, 1.54) is 77.3 Å². The highest BCUT2D eigenvalue weighted by Gasteiger charge is 2.43. The van der Waals surface area contributed by atoms with Gasteiger partial charge in [-0.05, 0) is 31.6 Å². The standard InChI is InChI=1S/C18H31ClN2/c19-12-7-13-21-14-17(16-8-3-1-4-9-16)20-15-18(21)10-5-2-6-11-18/h7,12,16-17,20H,1-6,8-11,13-15H2/b12-7+. The molecule has 1 heterocycles. The van der Waals surface area contributed by atoms with Crippen molar-refractivity contribution < 1.29 is 0 Å². The van der Waals surface area contributed by atoms with Crippen LogP contribution >= 0.6 is 11.6 Å². The molecule has 1 N–H and O–H groups in total. The summed E-state index contributed by atoms with van der Waals surface area (Å²) in [6.45, 7) is 3.46. The highest BCUT2D eigenvalue weighted by molar-refractivity contribution is 6.25. The fourth-order valence-corrected chi connectivity index (χ4v) is 5.00. The highest BCUT2D eigenvalue weighted by Crippen LogP contribution is 2.37. The zero-order chi connectivity index (χ0) is 14.5. The third-order valence-electron chi connectivity index (χ3n) is 6.20. The van der Waals surface area contributed by atoms with E-state index in [0.717, 1.165) is 12.5 Å². The van der Waals surface area contributed by atoms with Crippen molar-refractivity contribution in [2.75, 3.05) is 19.6 Å². The lowest BCUT2D eigenvalue weighted by Crippen LogP contribution is -2.66. The van der Waals surface area contributed by atoms with E-state index >= 15 is 0 Å². The van der Waals surface area contributed by atoms with Gasteiger partial charge in [-0.2, -0.15) is 0 Å². The molecular formula is C18H31ClN2. The van der Waals surface area contributed by atoms with Crippen LogP contribution in [0.3, 0.4) is 0 Å². The van der Waals surface area contributed by atoms with Crippen molar-refractivity contribution in [1.82, 2.24) is 10.2 Å². The number of rotatable bonds is 3. The van der Waals surface area contributed by atoms with Crippen LogP contribution in [-0.2, 0) is 0 Å². The second-order valence-electron chi connectivity index (χ2n) is 7.44. The first-order valence-corrected chi connectivity index (χ1v) is 9.51. The van der Waals surface area contributed by atoms with Gasteiger partial charge in [0.05, 0.1) is 0 Å². The second kappa shape index (κ2) is 7.48. The summed E-state index contributed by atoms with van der Waals surface area (Å²) in [6, 6.07) is 0.710. The first-order chi connectivity index (χ1) is 10.3. The van der Waals surface area contributed by atoms with E-state index in [1.54, 1.807) is 5.54 Å². The van der Waals surface area contributed by atoms with E-state index < -0.39 is 0 Å². The van der Waals surface area contributed by atoms with Crippen molar-refractivity contribution in [2.24, 2.45) is 5.92 Å². The molecule has 0 aromatic heterocycles. The van der Waals surface area contributed by atoms with E-state index in [4.69, 9.17) is 11.6 Å². The Balaban J connectivity index is 1.67. The zero-order valence-electron chi connectivity index (χ0n) is 13.3.